The highest BCUT2D eigenvalue weighted by Gasteiger charge is 2.32. The number of nitrogens with two attached hydrogens (primary N) is 5. The van der Waals surface area contributed by atoms with E-state index in [1.807, 2.05) is 18.2 Å². The van der Waals surface area contributed by atoms with E-state index in [4.69, 9.17) is 28.7 Å². The smallest absolute Gasteiger partial charge is 0.245 e. The zero-order valence-electron chi connectivity index (χ0n) is 36.1. The number of carbonyl (C=O) groups excluding carboxylic acids is 8. The Hall–Kier alpha value is -5.26. The molecule has 346 valence electrons. The highest BCUT2D eigenvalue weighted by atomic mass is 16.3. The SMILES string of the molecule is CCNC(=O)C(NC(=O)C(CCN)NC(=O)C(CCN)NC(=O)C(CC(C)C)NC(=O)CNC(=O)C(CCN)NC(=O)CNC(=O)C(N)CCN)C(C)O.Cc1ccccc1. The van der Waals surface area contributed by atoms with Gasteiger partial charge in [0.25, 0.3) is 0 Å². The average Bonchev–Trinajstić information content (AvgIpc) is 3.20. The summed E-state index contributed by atoms with van der Waals surface area (Å²) in [4.78, 5) is 102. The van der Waals surface area contributed by atoms with Gasteiger partial charge in [0, 0.05) is 6.54 Å². The van der Waals surface area contributed by atoms with Crippen LogP contribution in [-0.4, -0.2) is 141 Å². The van der Waals surface area contributed by atoms with Gasteiger partial charge in [-0.25, -0.2) is 0 Å². The van der Waals surface area contributed by atoms with E-state index < -0.39 is 103 Å². The van der Waals surface area contributed by atoms with E-state index in [2.05, 4.69) is 61.6 Å². The second-order valence-electron chi connectivity index (χ2n) is 14.6. The summed E-state index contributed by atoms with van der Waals surface area (Å²) in [7, 11) is 0. The molecule has 0 aliphatic rings. The average molecular weight is 866 g/mol. The summed E-state index contributed by atoms with van der Waals surface area (Å²) in [6.07, 6.45) is -1.01. The van der Waals surface area contributed by atoms with Crippen LogP contribution in [0.3, 0.4) is 0 Å². The van der Waals surface area contributed by atoms with Crippen LogP contribution in [0.1, 0.15) is 65.4 Å². The summed E-state index contributed by atoms with van der Waals surface area (Å²) in [6.45, 7) is 7.95. The number of benzene rings is 1. The lowest BCUT2D eigenvalue weighted by molar-refractivity contribution is -0.135. The zero-order valence-corrected chi connectivity index (χ0v) is 36.1. The number of hydrogen-bond donors (Lipinski definition) is 14. The van der Waals surface area contributed by atoms with E-state index in [1.165, 1.54) is 12.5 Å². The number of rotatable bonds is 27. The molecule has 0 spiro atoms. The third-order valence-electron chi connectivity index (χ3n) is 8.66. The summed E-state index contributed by atoms with van der Waals surface area (Å²) in [5.41, 5.74) is 29.3. The molecular weight excluding hydrogens is 795 g/mol. The summed E-state index contributed by atoms with van der Waals surface area (Å²) in [6, 6.07) is 3.25. The van der Waals surface area contributed by atoms with Crippen LogP contribution in [0, 0.1) is 12.8 Å². The van der Waals surface area contributed by atoms with Crippen molar-refractivity contribution < 1.29 is 43.5 Å². The van der Waals surface area contributed by atoms with E-state index in [-0.39, 0.29) is 70.7 Å². The van der Waals surface area contributed by atoms with Gasteiger partial charge < -0.3 is 76.3 Å². The molecule has 0 saturated heterocycles. The lowest BCUT2D eigenvalue weighted by atomic mass is 10.0. The van der Waals surface area contributed by atoms with Crippen LogP contribution in [0.25, 0.3) is 0 Å². The van der Waals surface area contributed by atoms with Gasteiger partial charge >= 0.3 is 0 Å². The summed E-state index contributed by atoms with van der Waals surface area (Å²) in [5.74, 6) is -5.88. The van der Waals surface area contributed by atoms with Gasteiger partial charge in [0.05, 0.1) is 25.2 Å². The minimum atomic E-state index is -1.31. The maximum Gasteiger partial charge on any atom is 0.245 e. The van der Waals surface area contributed by atoms with Gasteiger partial charge in [0.1, 0.15) is 30.2 Å². The van der Waals surface area contributed by atoms with Crippen molar-refractivity contribution >= 4 is 47.3 Å². The molecule has 0 fully saturated rings. The number of aryl methyl sites for hydroxylation is 1. The van der Waals surface area contributed by atoms with Gasteiger partial charge in [-0.05, 0) is 85.0 Å². The van der Waals surface area contributed by atoms with Gasteiger partial charge in [-0.2, -0.15) is 0 Å². The van der Waals surface area contributed by atoms with Gasteiger partial charge in [-0.15, -0.1) is 0 Å². The number of likely N-dealkylation sites (N-methyl/N-ethyl adjacent to an activating group) is 1. The van der Waals surface area contributed by atoms with Crippen molar-refractivity contribution in [2.75, 3.05) is 45.8 Å². The highest BCUT2D eigenvalue weighted by Crippen LogP contribution is 2.07. The molecule has 22 nitrogen and oxygen atoms in total. The van der Waals surface area contributed by atoms with Crippen molar-refractivity contribution in [3.05, 3.63) is 35.9 Å². The second-order valence-corrected chi connectivity index (χ2v) is 14.6. The van der Waals surface area contributed by atoms with Gasteiger partial charge in [0.15, 0.2) is 0 Å². The maximum atomic E-state index is 13.4. The first-order valence-electron chi connectivity index (χ1n) is 20.4. The van der Waals surface area contributed by atoms with Crippen LogP contribution in [0.2, 0.25) is 0 Å². The summed E-state index contributed by atoms with van der Waals surface area (Å²) < 4.78 is 0. The lowest BCUT2D eigenvalue weighted by Gasteiger charge is -2.27. The van der Waals surface area contributed by atoms with Crippen molar-refractivity contribution in [3.8, 4) is 0 Å². The molecule has 7 atom stereocenters. The monoisotopic (exact) mass is 866 g/mol. The predicted molar refractivity (Wildman–Crippen MR) is 229 cm³/mol. The molecule has 19 N–H and O–H groups in total. The fourth-order valence-corrected chi connectivity index (χ4v) is 5.42. The Morgan fingerprint density at radius 2 is 0.984 bits per heavy atom. The number of nitrogens with one attached hydrogen (secondary N) is 8. The van der Waals surface area contributed by atoms with Crippen molar-refractivity contribution in [1.82, 2.24) is 42.5 Å². The molecule has 8 amide bonds. The maximum absolute atomic E-state index is 13.4. The number of hydrogen-bond acceptors (Lipinski definition) is 14. The molecule has 1 aromatic rings. The third kappa shape index (κ3) is 23.9. The molecule has 1 aromatic carbocycles. The zero-order chi connectivity index (χ0) is 46.5. The lowest BCUT2D eigenvalue weighted by Crippen LogP contribution is -2.60. The van der Waals surface area contributed by atoms with Crippen molar-refractivity contribution in [2.45, 2.75) is 109 Å². The molecule has 0 aliphatic carbocycles. The Labute approximate surface area is 358 Å². The third-order valence-corrected chi connectivity index (χ3v) is 8.66. The van der Waals surface area contributed by atoms with E-state index in [0.717, 1.165) is 0 Å². The first-order valence-corrected chi connectivity index (χ1v) is 20.4. The molecule has 0 aromatic heterocycles. The Bertz CT molecular complexity index is 1520. The van der Waals surface area contributed by atoms with Gasteiger partial charge in [0.2, 0.25) is 47.3 Å². The van der Waals surface area contributed by atoms with E-state index >= 15 is 0 Å². The first kappa shape index (κ1) is 55.7. The number of amides is 8. The van der Waals surface area contributed by atoms with Crippen LogP contribution in [0.4, 0.5) is 0 Å². The van der Waals surface area contributed by atoms with Crippen LogP contribution in [-0.2, 0) is 38.4 Å². The molecule has 61 heavy (non-hydrogen) atoms. The topological polar surface area (TPSA) is 383 Å². The first-order chi connectivity index (χ1) is 28.8. The van der Waals surface area contributed by atoms with Crippen LogP contribution in [0.15, 0.2) is 30.3 Å². The summed E-state index contributed by atoms with van der Waals surface area (Å²) in [5, 5.41) is 29.7. The molecule has 0 bridgehead atoms. The standard InChI is InChI=1S/C32H63N13O9.C7H8/c1-5-38-32(54)26(18(4)46)45-30(52)22(9-13-36)43-29(51)21(8-12-35)44-31(53)23(14-17(2)3)42-25(48)16-40-28(50)20(7-11-34)41-24(47)15-39-27(49)19(37)6-10-33;1-7-5-3-2-4-6-7/h17-23,26,46H,5-16,33-37H2,1-4H3,(H,38,54)(H,39,49)(H,40,50)(H,41,47)(H,42,48)(H,43,51)(H,44,53)(H,45,52);2-6H,1H3. The molecule has 7 unspecified atom stereocenters. The second kappa shape index (κ2) is 31.6. The Morgan fingerprint density at radius 1 is 0.557 bits per heavy atom. The van der Waals surface area contributed by atoms with Gasteiger partial charge in [-0.1, -0.05) is 49.7 Å². The minimum Gasteiger partial charge on any atom is -0.391 e. The fraction of sp³-hybridized carbons (Fsp3) is 0.641. The van der Waals surface area contributed by atoms with Crippen molar-refractivity contribution in [3.63, 3.8) is 0 Å². The fourth-order valence-electron chi connectivity index (χ4n) is 5.42. The Kier molecular flexibility index (Phi) is 28.9. The van der Waals surface area contributed by atoms with Crippen molar-refractivity contribution in [2.24, 2.45) is 34.6 Å². The van der Waals surface area contributed by atoms with Crippen LogP contribution < -0.4 is 71.2 Å². The number of aliphatic hydroxyl groups is 1. The van der Waals surface area contributed by atoms with E-state index in [1.54, 1.807) is 20.8 Å². The van der Waals surface area contributed by atoms with Crippen molar-refractivity contribution in [1.29, 1.82) is 0 Å². The predicted octanol–water partition coefficient (Wildman–Crippen LogP) is -5.08. The van der Waals surface area contributed by atoms with Crippen LogP contribution >= 0.6 is 0 Å². The molecule has 1 rings (SSSR count). The molecule has 0 radical (unpaired) electrons. The minimum absolute atomic E-state index is 0.00259. The van der Waals surface area contributed by atoms with E-state index in [0.29, 0.717) is 0 Å². The molecule has 0 aliphatic heterocycles. The quantitative estimate of drug-likeness (QED) is 0.0394. The highest BCUT2D eigenvalue weighted by molar-refractivity contribution is 5.96. The largest absolute Gasteiger partial charge is 0.391 e. The number of carbonyl (C=O) groups is 8. The molecule has 22 heteroatoms. The Morgan fingerprint density at radius 3 is 1.39 bits per heavy atom. The van der Waals surface area contributed by atoms with Gasteiger partial charge in [-0.3, -0.25) is 38.4 Å². The van der Waals surface area contributed by atoms with E-state index in [9.17, 15) is 43.5 Å². The summed E-state index contributed by atoms with van der Waals surface area (Å²) >= 11 is 0. The molecular formula is C39H71N13O9. The molecule has 0 heterocycles. The van der Waals surface area contributed by atoms with Crippen LogP contribution in [0.5, 0.6) is 0 Å². The number of aliphatic hydroxyl groups excluding tert-OH is 1. The Balaban J connectivity index is 0.00000462. The normalized spacial score (nSPS) is 14.2. The molecule has 0 saturated carbocycles.